The molecule has 4 aliphatic rings. The SMILES string of the molecule is OC(CCCCCCC(CC1CO1)OC(O)(CCCCCCC(O)CC1CO1)CC1CO1)CC1CO1. The van der Waals surface area contributed by atoms with Gasteiger partial charge in [0, 0.05) is 32.1 Å². The minimum Gasteiger partial charge on any atom is -0.393 e. The van der Waals surface area contributed by atoms with E-state index < -0.39 is 5.79 Å². The van der Waals surface area contributed by atoms with Crippen molar-refractivity contribution in [2.45, 2.75) is 151 Å². The van der Waals surface area contributed by atoms with Gasteiger partial charge in [0.25, 0.3) is 0 Å². The van der Waals surface area contributed by atoms with E-state index in [2.05, 4.69) is 0 Å². The minimum atomic E-state index is -1.14. The van der Waals surface area contributed by atoms with E-state index in [1.807, 2.05) is 0 Å². The van der Waals surface area contributed by atoms with Crippen molar-refractivity contribution in [3.05, 3.63) is 0 Å². The van der Waals surface area contributed by atoms with E-state index in [1.54, 1.807) is 0 Å². The Bertz CT molecular complexity index is 604. The summed E-state index contributed by atoms with van der Waals surface area (Å²) in [4.78, 5) is 0. The highest BCUT2D eigenvalue weighted by Gasteiger charge is 2.40. The normalized spacial score (nSPS) is 30.4. The van der Waals surface area contributed by atoms with Crippen LogP contribution in [0.3, 0.4) is 0 Å². The lowest BCUT2D eigenvalue weighted by Crippen LogP contribution is -2.39. The Morgan fingerprint density at radius 2 is 1.06 bits per heavy atom. The molecule has 0 radical (unpaired) electrons. The second-order valence-electron chi connectivity index (χ2n) is 11.7. The lowest BCUT2D eigenvalue weighted by atomic mass is 9.98. The Kier molecular flexibility index (Phi) is 11.7. The molecule has 4 rings (SSSR count). The summed E-state index contributed by atoms with van der Waals surface area (Å²) < 4.78 is 27.7. The van der Waals surface area contributed by atoms with E-state index in [0.29, 0.717) is 25.6 Å². The first kappa shape index (κ1) is 28.7. The van der Waals surface area contributed by atoms with E-state index in [0.717, 1.165) is 110 Å². The van der Waals surface area contributed by atoms with Gasteiger partial charge in [-0.25, -0.2) is 0 Å². The fourth-order valence-corrected chi connectivity index (χ4v) is 5.27. The van der Waals surface area contributed by atoms with Crippen LogP contribution in [0.4, 0.5) is 0 Å². The Balaban J connectivity index is 1.10. The molecule has 8 atom stereocenters. The molecule has 210 valence electrons. The summed E-state index contributed by atoms with van der Waals surface area (Å²) in [5.74, 6) is -1.14. The molecule has 0 aromatic heterocycles. The highest BCUT2D eigenvalue weighted by Crippen LogP contribution is 2.33. The van der Waals surface area contributed by atoms with E-state index >= 15 is 0 Å². The summed E-state index contributed by atoms with van der Waals surface area (Å²) in [7, 11) is 0. The first-order valence-corrected chi connectivity index (χ1v) is 14.7. The zero-order valence-electron chi connectivity index (χ0n) is 22.1. The smallest absolute Gasteiger partial charge is 0.168 e. The molecule has 3 N–H and O–H groups in total. The molecule has 8 nitrogen and oxygen atoms in total. The van der Waals surface area contributed by atoms with Crippen LogP contribution in [0, 0.1) is 0 Å². The molecule has 0 aromatic rings. The van der Waals surface area contributed by atoms with Gasteiger partial charge in [-0.05, 0) is 25.7 Å². The number of aliphatic hydroxyl groups excluding tert-OH is 2. The number of unbranched alkanes of at least 4 members (excludes halogenated alkanes) is 6. The van der Waals surface area contributed by atoms with E-state index in [9.17, 15) is 15.3 Å². The number of hydrogen-bond donors (Lipinski definition) is 3. The van der Waals surface area contributed by atoms with Crippen LogP contribution in [-0.2, 0) is 23.7 Å². The van der Waals surface area contributed by atoms with Crippen LogP contribution < -0.4 is 0 Å². The Morgan fingerprint density at radius 1 is 0.611 bits per heavy atom. The molecule has 4 heterocycles. The van der Waals surface area contributed by atoms with Crippen LogP contribution in [0.2, 0.25) is 0 Å². The maximum absolute atomic E-state index is 11.4. The van der Waals surface area contributed by atoms with Gasteiger partial charge < -0.3 is 39.0 Å². The van der Waals surface area contributed by atoms with Crippen molar-refractivity contribution in [2.24, 2.45) is 0 Å². The minimum absolute atomic E-state index is 0.00125. The van der Waals surface area contributed by atoms with Crippen LogP contribution in [0.25, 0.3) is 0 Å². The highest BCUT2D eigenvalue weighted by molar-refractivity contribution is 4.83. The monoisotopic (exact) mass is 514 g/mol. The molecular weight excluding hydrogens is 464 g/mol. The fraction of sp³-hybridized carbons (Fsp3) is 1.00. The lowest BCUT2D eigenvalue weighted by molar-refractivity contribution is -0.242. The molecule has 4 saturated heterocycles. The van der Waals surface area contributed by atoms with Crippen LogP contribution in [0.1, 0.15) is 103 Å². The second kappa shape index (κ2) is 14.7. The quantitative estimate of drug-likeness (QED) is 0.101. The first-order chi connectivity index (χ1) is 17.5. The summed E-state index contributed by atoms with van der Waals surface area (Å²) in [6, 6.07) is 0. The molecule has 0 aromatic carbocycles. The van der Waals surface area contributed by atoms with Gasteiger partial charge >= 0.3 is 0 Å². The molecule has 4 fully saturated rings. The molecule has 0 bridgehead atoms. The number of aliphatic hydroxyl groups is 3. The molecule has 36 heavy (non-hydrogen) atoms. The van der Waals surface area contributed by atoms with E-state index in [1.165, 1.54) is 0 Å². The van der Waals surface area contributed by atoms with Crippen molar-refractivity contribution in [3.63, 3.8) is 0 Å². The Labute approximate surface area is 217 Å². The maximum Gasteiger partial charge on any atom is 0.168 e. The molecule has 0 spiro atoms. The average molecular weight is 515 g/mol. The van der Waals surface area contributed by atoms with Gasteiger partial charge in [-0.1, -0.05) is 44.9 Å². The number of ether oxygens (including phenoxy) is 5. The van der Waals surface area contributed by atoms with Crippen molar-refractivity contribution in [1.29, 1.82) is 0 Å². The van der Waals surface area contributed by atoms with Crippen LogP contribution in [0.15, 0.2) is 0 Å². The number of hydrogen-bond acceptors (Lipinski definition) is 8. The largest absolute Gasteiger partial charge is 0.393 e. The van der Waals surface area contributed by atoms with Crippen molar-refractivity contribution < 1.29 is 39.0 Å². The summed E-state index contributed by atoms with van der Waals surface area (Å²) in [6.45, 7) is 3.12. The van der Waals surface area contributed by atoms with Crippen molar-refractivity contribution in [3.8, 4) is 0 Å². The maximum atomic E-state index is 11.4. The summed E-state index contributed by atoms with van der Waals surface area (Å²) in [5.41, 5.74) is 0. The van der Waals surface area contributed by atoms with Gasteiger partial charge in [0.2, 0.25) is 0 Å². The zero-order chi connectivity index (χ0) is 25.2. The number of epoxide rings is 4. The highest BCUT2D eigenvalue weighted by atomic mass is 16.6. The lowest BCUT2D eigenvalue weighted by Gasteiger charge is -2.33. The van der Waals surface area contributed by atoms with Gasteiger partial charge in [-0.15, -0.1) is 0 Å². The molecule has 0 saturated carbocycles. The third kappa shape index (κ3) is 13.0. The van der Waals surface area contributed by atoms with Crippen molar-refractivity contribution >= 4 is 0 Å². The summed E-state index contributed by atoms with van der Waals surface area (Å²) in [5, 5.41) is 31.5. The topological polar surface area (TPSA) is 120 Å². The predicted octanol–water partition coefficient (Wildman–Crippen LogP) is 3.62. The molecule has 8 heteroatoms. The van der Waals surface area contributed by atoms with Crippen LogP contribution >= 0.6 is 0 Å². The summed E-state index contributed by atoms with van der Waals surface area (Å²) in [6.07, 6.45) is 14.9. The Hall–Kier alpha value is -0.320. The standard InChI is InChI=1S/C28H50O8/c29-21(13-24-17-32-24)9-5-1-2-7-11-23(15-26-19-34-26)36-28(31,16-27-20-35-27)12-8-4-3-6-10-22(30)14-25-18-33-25/h21-27,29-31H,1-20H2. The van der Waals surface area contributed by atoms with Gasteiger partial charge in [-0.3, -0.25) is 0 Å². The van der Waals surface area contributed by atoms with E-state index in [-0.39, 0.29) is 36.6 Å². The molecular formula is C28H50O8. The van der Waals surface area contributed by atoms with Gasteiger partial charge in [0.05, 0.1) is 69.2 Å². The summed E-state index contributed by atoms with van der Waals surface area (Å²) >= 11 is 0. The Morgan fingerprint density at radius 3 is 1.56 bits per heavy atom. The van der Waals surface area contributed by atoms with Crippen LogP contribution in [0.5, 0.6) is 0 Å². The van der Waals surface area contributed by atoms with Crippen molar-refractivity contribution in [1.82, 2.24) is 0 Å². The fourth-order valence-electron chi connectivity index (χ4n) is 5.27. The number of rotatable bonds is 24. The molecule has 0 aliphatic carbocycles. The third-order valence-corrected chi connectivity index (χ3v) is 7.81. The third-order valence-electron chi connectivity index (χ3n) is 7.81. The van der Waals surface area contributed by atoms with Gasteiger partial charge in [-0.2, -0.15) is 0 Å². The molecule has 8 unspecified atom stereocenters. The molecule has 4 aliphatic heterocycles. The van der Waals surface area contributed by atoms with Gasteiger partial charge in [0.1, 0.15) is 0 Å². The predicted molar refractivity (Wildman–Crippen MR) is 135 cm³/mol. The second-order valence-corrected chi connectivity index (χ2v) is 11.7. The molecule has 0 amide bonds. The van der Waals surface area contributed by atoms with Crippen LogP contribution in [-0.4, -0.2) is 90.3 Å². The van der Waals surface area contributed by atoms with Crippen molar-refractivity contribution in [2.75, 3.05) is 26.4 Å². The van der Waals surface area contributed by atoms with Gasteiger partial charge in [0.15, 0.2) is 5.79 Å². The first-order valence-electron chi connectivity index (χ1n) is 14.7. The average Bonchev–Trinajstić information content (AvgIpc) is 3.66. The zero-order valence-corrected chi connectivity index (χ0v) is 22.1. The van der Waals surface area contributed by atoms with E-state index in [4.69, 9.17) is 23.7 Å².